The summed E-state index contributed by atoms with van der Waals surface area (Å²) in [6.07, 6.45) is 8.34. The third-order valence-electron chi connectivity index (χ3n) is 5.34. The van der Waals surface area contributed by atoms with Crippen LogP contribution >= 0.6 is 34.3 Å². The Morgan fingerprint density at radius 1 is 1.20 bits per heavy atom. The summed E-state index contributed by atoms with van der Waals surface area (Å²) in [4.78, 5) is 6.40. The highest BCUT2D eigenvalue weighted by molar-refractivity contribution is 7.13. The molecule has 8 heteroatoms. The minimum absolute atomic E-state index is 0.160. The lowest BCUT2D eigenvalue weighted by molar-refractivity contribution is 0.129. The van der Waals surface area contributed by atoms with Gasteiger partial charge in [-0.2, -0.15) is 4.73 Å². The minimum Gasteiger partial charge on any atom is -0.426 e. The van der Waals surface area contributed by atoms with Gasteiger partial charge in [-0.05, 0) is 18.9 Å². The molecule has 1 atom stereocenters. The second-order valence-electron chi connectivity index (χ2n) is 6.88. The van der Waals surface area contributed by atoms with E-state index in [0.717, 1.165) is 34.4 Å². The standard InChI is InChI=1S/C17H23ClN4OS2/c18-12-8-15(24-11-12)14-9-20(13-4-2-1-3-5-13)6-7-21(14)16-10-22(23)17(19)25-16/h8,10-11,13-14,19,23H,1-7,9H2. The fourth-order valence-corrected chi connectivity index (χ4v) is 6.08. The molecular weight excluding hydrogens is 376 g/mol. The summed E-state index contributed by atoms with van der Waals surface area (Å²) in [6.45, 7) is 2.94. The van der Waals surface area contributed by atoms with Gasteiger partial charge >= 0.3 is 0 Å². The van der Waals surface area contributed by atoms with Crippen LogP contribution in [0.2, 0.25) is 5.02 Å². The number of halogens is 1. The fraction of sp³-hybridized carbons (Fsp3) is 0.588. The number of thiazole rings is 1. The molecule has 0 radical (unpaired) electrons. The molecule has 1 unspecified atom stereocenters. The molecule has 5 nitrogen and oxygen atoms in total. The van der Waals surface area contributed by atoms with Crippen molar-refractivity contribution in [3.8, 4) is 0 Å². The van der Waals surface area contributed by atoms with Crippen LogP contribution in [0.1, 0.15) is 43.0 Å². The number of aromatic nitrogens is 1. The first-order chi connectivity index (χ1) is 12.1. The number of nitrogens with one attached hydrogen (secondary N) is 1. The Hall–Kier alpha value is -1.02. The van der Waals surface area contributed by atoms with E-state index in [1.165, 1.54) is 48.3 Å². The molecule has 0 amide bonds. The van der Waals surface area contributed by atoms with Crippen LogP contribution in [0.25, 0.3) is 0 Å². The lowest BCUT2D eigenvalue weighted by Gasteiger charge is -2.45. The normalized spacial score (nSPS) is 23.2. The zero-order chi connectivity index (χ0) is 17.4. The van der Waals surface area contributed by atoms with Gasteiger partial charge in [0.1, 0.15) is 5.00 Å². The molecule has 1 saturated carbocycles. The smallest absolute Gasteiger partial charge is 0.217 e. The molecule has 25 heavy (non-hydrogen) atoms. The molecule has 0 aromatic carbocycles. The number of thiophene rings is 1. The molecule has 1 aliphatic carbocycles. The molecule has 2 aliphatic rings. The van der Waals surface area contributed by atoms with Crippen LogP contribution in [0.15, 0.2) is 17.6 Å². The number of nitrogens with zero attached hydrogens (tertiary/aromatic N) is 3. The van der Waals surface area contributed by atoms with Crippen LogP contribution in [-0.4, -0.2) is 40.5 Å². The van der Waals surface area contributed by atoms with Crippen molar-refractivity contribution in [1.82, 2.24) is 9.63 Å². The maximum absolute atomic E-state index is 9.77. The number of hydrogen-bond acceptors (Lipinski definition) is 6. The Labute approximate surface area is 160 Å². The summed E-state index contributed by atoms with van der Waals surface area (Å²) in [5, 5.41) is 21.3. The molecule has 4 rings (SSSR count). The quantitative estimate of drug-likeness (QED) is 0.762. The number of rotatable bonds is 3. The maximum atomic E-state index is 9.77. The molecule has 2 N–H and O–H groups in total. The van der Waals surface area contributed by atoms with Crippen molar-refractivity contribution >= 4 is 39.3 Å². The molecular formula is C17H23ClN4OS2. The molecule has 0 spiro atoms. The molecule has 0 bridgehead atoms. The molecule has 136 valence electrons. The van der Waals surface area contributed by atoms with Crippen molar-refractivity contribution in [2.45, 2.75) is 44.2 Å². The highest BCUT2D eigenvalue weighted by atomic mass is 35.5. The third kappa shape index (κ3) is 3.60. The van der Waals surface area contributed by atoms with E-state index in [0.29, 0.717) is 6.04 Å². The summed E-state index contributed by atoms with van der Waals surface area (Å²) in [5.74, 6) is 0. The molecule has 3 heterocycles. The summed E-state index contributed by atoms with van der Waals surface area (Å²) >= 11 is 9.22. The van der Waals surface area contributed by atoms with Gasteiger partial charge in [-0.15, -0.1) is 11.3 Å². The third-order valence-corrected chi connectivity index (χ3v) is 7.66. The van der Waals surface area contributed by atoms with Crippen LogP contribution < -0.4 is 9.70 Å². The summed E-state index contributed by atoms with van der Waals surface area (Å²) in [7, 11) is 0. The average Bonchev–Trinajstić information content (AvgIpc) is 3.21. The lowest BCUT2D eigenvalue weighted by Crippen LogP contribution is -2.52. The summed E-state index contributed by atoms with van der Waals surface area (Å²) in [6, 6.07) is 2.99. The van der Waals surface area contributed by atoms with Gasteiger partial charge in [0.15, 0.2) is 0 Å². The Balaban J connectivity index is 1.61. The van der Waals surface area contributed by atoms with E-state index >= 15 is 0 Å². The first-order valence-corrected chi connectivity index (χ1v) is 10.9. The maximum Gasteiger partial charge on any atom is 0.217 e. The predicted molar refractivity (Wildman–Crippen MR) is 103 cm³/mol. The summed E-state index contributed by atoms with van der Waals surface area (Å²) in [5.41, 5.74) is 0. The van der Waals surface area contributed by atoms with E-state index < -0.39 is 0 Å². The molecule has 2 fully saturated rings. The van der Waals surface area contributed by atoms with Crippen LogP contribution in [-0.2, 0) is 0 Å². The van der Waals surface area contributed by atoms with E-state index in [-0.39, 0.29) is 10.8 Å². The highest BCUT2D eigenvalue weighted by Crippen LogP contribution is 2.37. The molecule has 2 aromatic heterocycles. The van der Waals surface area contributed by atoms with Crippen molar-refractivity contribution in [2.75, 3.05) is 24.5 Å². The average molecular weight is 399 g/mol. The SMILES string of the molecule is N=c1sc(N2CCN(C3CCCCC3)CC2c2cc(Cl)cs2)cn1O. The van der Waals surface area contributed by atoms with Crippen molar-refractivity contribution in [3.05, 3.63) is 32.3 Å². The van der Waals surface area contributed by atoms with Crippen molar-refractivity contribution in [3.63, 3.8) is 0 Å². The van der Waals surface area contributed by atoms with E-state index in [2.05, 4.69) is 15.9 Å². The fourth-order valence-electron chi connectivity index (χ4n) is 4.06. The second kappa shape index (κ2) is 7.31. The number of anilines is 1. The Morgan fingerprint density at radius 3 is 2.64 bits per heavy atom. The van der Waals surface area contributed by atoms with Crippen molar-refractivity contribution in [1.29, 1.82) is 5.41 Å². The van der Waals surface area contributed by atoms with E-state index in [1.54, 1.807) is 17.5 Å². The van der Waals surface area contributed by atoms with Gasteiger partial charge in [0, 0.05) is 35.9 Å². The van der Waals surface area contributed by atoms with Crippen LogP contribution in [0.3, 0.4) is 0 Å². The molecule has 1 aliphatic heterocycles. The first-order valence-electron chi connectivity index (χ1n) is 8.83. The second-order valence-corrected chi connectivity index (χ2v) is 9.27. The van der Waals surface area contributed by atoms with Gasteiger partial charge in [0.2, 0.25) is 4.80 Å². The largest absolute Gasteiger partial charge is 0.426 e. The summed E-state index contributed by atoms with van der Waals surface area (Å²) < 4.78 is 0.909. The van der Waals surface area contributed by atoms with Crippen LogP contribution in [0, 0.1) is 5.41 Å². The topological polar surface area (TPSA) is 55.5 Å². The van der Waals surface area contributed by atoms with Gasteiger partial charge in [-0.25, -0.2) is 0 Å². The predicted octanol–water partition coefficient (Wildman–Crippen LogP) is 4.18. The zero-order valence-corrected chi connectivity index (χ0v) is 16.4. The van der Waals surface area contributed by atoms with E-state index in [9.17, 15) is 5.21 Å². The minimum atomic E-state index is 0.160. The number of hydrogen-bond donors (Lipinski definition) is 2. The zero-order valence-electron chi connectivity index (χ0n) is 14.0. The number of piperazine rings is 1. The van der Waals surface area contributed by atoms with Crippen molar-refractivity contribution in [2.24, 2.45) is 0 Å². The van der Waals surface area contributed by atoms with Gasteiger partial charge in [0.25, 0.3) is 0 Å². The Kier molecular flexibility index (Phi) is 5.08. The monoisotopic (exact) mass is 398 g/mol. The lowest BCUT2D eigenvalue weighted by atomic mass is 9.93. The van der Waals surface area contributed by atoms with Crippen LogP contribution in [0.4, 0.5) is 5.00 Å². The highest BCUT2D eigenvalue weighted by Gasteiger charge is 2.34. The first kappa shape index (κ1) is 17.4. The van der Waals surface area contributed by atoms with E-state index in [4.69, 9.17) is 17.0 Å². The van der Waals surface area contributed by atoms with Gasteiger partial charge in [-0.3, -0.25) is 10.3 Å². The van der Waals surface area contributed by atoms with Crippen LogP contribution in [0.5, 0.6) is 0 Å². The van der Waals surface area contributed by atoms with Crippen molar-refractivity contribution < 1.29 is 5.21 Å². The van der Waals surface area contributed by atoms with Gasteiger partial charge in [-0.1, -0.05) is 42.2 Å². The molecule has 1 saturated heterocycles. The van der Waals surface area contributed by atoms with E-state index in [1.807, 2.05) is 5.38 Å². The van der Waals surface area contributed by atoms with Gasteiger partial charge < -0.3 is 10.1 Å². The Bertz CT molecular complexity index is 780. The van der Waals surface area contributed by atoms with Gasteiger partial charge in [0.05, 0.1) is 17.3 Å². The molecule has 2 aromatic rings. The Morgan fingerprint density at radius 2 is 2.00 bits per heavy atom.